The predicted octanol–water partition coefficient (Wildman–Crippen LogP) is -0.468. The first-order valence-corrected chi connectivity index (χ1v) is 15.4. The van der Waals surface area contributed by atoms with Crippen LogP contribution in [-0.2, 0) is 32.4 Å². The fraction of sp³-hybridized carbons (Fsp3) is 0.304. The van der Waals surface area contributed by atoms with Crippen molar-refractivity contribution in [3.05, 3.63) is 74.5 Å². The maximum Gasteiger partial charge on any atom is -1.00 e. The van der Waals surface area contributed by atoms with E-state index in [9.17, 15) is 0 Å². The molecule has 1 unspecified atom stereocenters. The van der Waals surface area contributed by atoms with Gasteiger partial charge in [0, 0.05) is 0 Å². The second-order valence-electron chi connectivity index (χ2n) is 8.20. The molecule has 29 heavy (non-hydrogen) atoms. The van der Waals surface area contributed by atoms with Gasteiger partial charge in [0.05, 0.1) is 0 Å². The zero-order chi connectivity index (χ0) is 19.2. The summed E-state index contributed by atoms with van der Waals surface area (Å²) < 4.78 is 15.2. The number of allylic oxidation sites excluding steroid dienone is 2. The van der Waals surface area contributed by atoms with Gasteiger partial charge in [0.2, 0.25) is 0 Å². The summed E-state index contributed by atoms with van der Waals surface area (Å²) in [5.74, 6) is 2.48. The van der Waals surface area contributed by atoms with Crippen LogP contribution in [0.25, 0.3) is 11.1 Å². The van der Waals surface area contributed by atoms with E-state index in [1.54, 1.807) is 15.9 Å². The molecule has 2 aromatic carbocycles. The van der Waals surface area contributed by atoms with E-state index >= 15 is 0 Å². The molecule has 4 rings (SSSR count). The molecule has 0 aromatic heterocycles. The van der Waals surface area contributed by atoms with E-state index in [0.29, 0.717) is 5.92 Å². The van der Waals surface area contributed by atoms with E-state index in [2.05, 4.69) is 75.1 Å². The zero-order valence-electron chi connectivity index (χ0n) is 17.5. The molecule has 0 saturated carbocycles. The van der Waals surface area contributed by atoms with Crippen molar-refractivity contribution in [1.82, 2.24) is 0 Å². The van der Waals surface area contributed by atoms with E-state index in [-0.39, 0.29) is 24.8 Å². The Labute approximate surface area is 199 Å². The molecule has 0 N–H and O–H groups in total. The molecule has 2 nitrogen and oxygen atoms in total. The number of methoxy groups -OCH3 is 1. The van der Waals surface area contributed by atoms with Crippen LogP contribution >= 0.6 is 0 Å². The first-order valence-electron chi connectivity index (χ1n) is 9.55. The molecular weight excluding hydrogens is 498 g/mol. The van der Waals surface area contributed by atoms with Gasteiger partial charge in [-0.1, -0.05) is 0 Å². The number of ether oxygens (including phenoxy) is 1. The van der Waals surface area contributed by atoms with E-state index in [1.807, 2.05) is 0 Å². The molecule has 0 spiro atoms. The van der Waals surface area contributed by atoms with E-state index in [0.717, 1.165) is 17.9 Å². The molecule has 1 atom stereocenters. The third-order valence-corrected chi connectivity index (χ3v) is 9.52. The maximum atomic E-state index is 6.28. The van der Waals surface area contributed by atoms with Crippen LogP contribution in [0.15, 0.2) is 63.3 Å². The minimum absolute atomic E-state index is 0. The molecule has 2 aromatic rings. The quantitative estimate of drug-likeness (QED) is 0.493. The molecule has 2 aliphatic carbocycles. The average Bonchev–Trinajstić information content (AvgIpc) is 3.13. The Morgan fingerprint density at radius 2 is 1.66 bits per heavy atom. The Balaban J connectivity index is 0.00000150. The van der Waals surface area contributed by atoms with Crippen LogP contribution in [0.4, 0.5) is 0 Å². The number of fused-ring (bicyclic) bond motifs is 3. The SMILES string of the molecule is COC1=[C]([Zr+2][c]2cccc3c2C(C)c2ccccc2-3)CC=C1O[Si](C)(C)C.[Cl-].[Cl-]. The molecule has 0 bridgehead atoms. The topological polar surface area (TPSA) is 18.5 Å². The second kappa shape index (κ2) is 9.56. The normalized spacial score (nSPS) is 16.7. The van der Waals surface area contributed by atoms with Crippen molar-refractivity contribution >= 4 is 11.6 Å². The standard InChI is InChI=1S/C14H11.C9H15O2Si.2ClH.Zr/c1-10-11-6-2-4-8-13(11)14-9-5-3-7-12(10)14;1-10-8-6-5-7-9(8)11-12(2,3)4;;;/h2-6,8-10H,1H3;7H,5H2,1-4H3;2*1H;/q;;;;+2/p-2. The van der Waals surface area contributed by atoms with Crippen molar-refractivity contribution in [2.24, 2.45) is 0 Å². The third-order valence-electron chi connectivity index (χ3n) is 5.15. The van der Waals surface area contributed by atoms with Gasteiger partial charge < -0.3 is 24.8 Å². The smallest absolute Gasteiger partial charge is 1.00 e. The largest absolute Gasteiger partial charge is 1.00 e. The van der Waals surface area contributed by atoms with Gasteiger partial charge in [-0.3, -0.25) is 0 Å². The Morgan fingerprint density at radius 3 is 2.34 bits per heavy atom. The monoisotopic (exact) mass is 522 g/mol. The van der Waals surface area contributed by atoms with E-state index in [4.69, 9.17) is 9.16 Å². The maximum absolute atomic E-state index is 6.28. The van der Waals surface area contributed by atoms with Crippen molar-refractivity contribution in [2.45, 2.75) is 38.9 Å². The summed E-state index contributed by atoms with van der Waals surface area (Å²) in [6.45, 7) is 9.03. The average molecular weight is 525 g/mol. The number of hydrogen-bond donors (Lipinski definition) is 0. The van der Waals surface area contributed by atoms with Gasteiger partial charge in [-0.2, -0.15) is 0 Å². The summed E-state index contributed by atoms with van der Waals surface area (Å²) in [7, 11) is 0.151. The minimum Gasteiger partial charge on any atom is -1.00 e. The van der Waals surface area contributed by atoms with E-state index < -0.39 is 31.6 Å². The third kappa shape index (κ3) is 4.77. The summed E-state index contributed by atoms with van der Waals surface area (Å²) in [5.41, 5.74) is 5.86. The molecule has 0 radical (unpaired) electrons. The van der Waals surface area contributed by atoms with Gasteiger partial charge in [0.1, 0.15) is 0 Å². The molecule has 0 heterocycles. The molecule has 152 valence electrons. The van der Waals surface area contributed by atoms with Crippen molar-refractivity contribution in [2.75, 3.05) is 7.11 Å². The molecule has 0 aliphatic heterocycles. The van der Waals surface area contributed by atoms with Crippen LogP contribution in [0, 0.1) is 0 Å². The van der Waals surface area contributed by atoms with Gasteiger partial charge >= 0.3 is 176 Å². The van der Waals surface area contributed by atoms with Crippen LogP contribution in [0.5, 0.6) is 0 Å². The second-order valence-corrected chi connectivity index (χ2v) is 16.1. The Hall–Kier alpha value is -0.800. The zero-order valence-corrected chi connectivity index (χ0v) is 22.4. The Morgan fingerprint density at radius 1 is 0.966 bits per heavy atom. The number of halogens is 2. The van der Waals surface area contributed by atoms with Crippen molar-refractivity contribution in [3.8, 4) is 11.1 Å². The molecule has 0 fully saturated rings. The number of hydrogen-bond acceptors (Lipinski definition) is 2. The predicted molar refractivity (Wildman–Crippen MR) is 110 cm³/mol. The van der Waals surface area contributed by atoms with Crippen LogP contribution in [0.1, 0.15) is 30.4 Å². The van der Waals surface area contributed by atoms with Crippen molar-refractivity contribution in [1.29, 1.82) is 0 Å². The first-order chi connectivity index (χ1) is 12.9. The summed E-state index contributed by atoms with van der Waals surface area (Å²) in [6.07, 6.45) is 3.22. The van der Waals surface area contributed by atoms with Crippen LogP contribution < -0.4 is 28.1 Å². The molecule has 6 heteroatoms. The van der Waals surface area contributed by atoms with Gasteiger partial charge in [-0.15, -0.1) is 0 Å². The summed E-state index contributed by atoms with van der Waals surface area (Å²) >= 11 is -0.950. The van der Waals surface area contributed by atoms with Gasteiger partial charge in [-0.05, 0) is 0 Å². The summed E-state index contributed by atoms with van der Waals surface area (Å²) in [6, 6.07) is 15.7. The molecule has 2 aliphatic rings. The minimum atomic E-state index is -1.64. The Bertz CT molecular complexity index is 964. The first kappa shape index (κ1) is 24.5. The van der Waals surface area contributed by atoms with Gasteiger partial charge in [-0.25, -0.2) is 0 Å². The van der Waals surface area contributed by atoms with Gasteiger partial charge in [0.15, 0.2) is 0 Å². The summed E-state index contributed by atoms with van der Waals surface area (Å²) in [4.78, 5) is 0. The molecule has 0 saturated heterocycles. The molecule has 0 amide bonds. The van der Waals surface area contributed by atoms with Crippen molar-refractivity contribution < 1.29 is 57.2 Å². The van der Waals surface area contributed by atoms with Crippen LogP contribution in [-0.4, -0.2) is 15.4 Å². The molecular formula is C23H26Cl2O2SiZr. The fourth-order valence-corrected chi connectivity index (χ4v) is 8.70. The number of benzene rings is 2. The fourth-order valence-electron chi connectivity index (χ4n) is 4.09. The van der Waals surface area contributed by atoms with Gasteiger partial charge in [0.25, 0.3) is 0 Å². The van der Waals surface area contributed by atoms with E-state index in [1.165, 1.54) is 20.0 Å². The summed E-state index contributed by atoms with van der Waals surface area (Å²) in [5, 5.41) is 0. The van der Waals surface area contributed by atoms with Crippen molar-refractivity contribution in [3.63, 3.8) is 0 Å². The number of rotatable bonds is 5. The Kier molecular flexibility index (Phi) is 8.06. The van der Waals surface area contributed by atoms with Crippen LogP contribution in [0.2, 0.25) is 19.6 Å². The van der Waals surface area contributed by atoms with Crippen LogP contribution in [0.3, 0.4) is 0 Å².